The fraction of sp³-hybridized carbons (Fsp3) is 0.894. The molecule has 0 aromatic heterocycles. The first-order chi connectivity index (χ1) is 35.5. The van der Waals surface area contributed by atoms with Gasteiger partial charge in [0, 0.05) is 19.3 Å². The van der Waals surface area contributed by atoms with Crippen LogP contribution in [0, 0.1) is 0 Å². The summed E-state index contributed by atoms with van der Waals surface area (Å²) in [6, 6.07) is 0. The second kappa shape index (κ2) is 61.4. The Bertz CT molecular complexity index is 1160. The van der Waals surface area contributed by atoms with E-state index in [1.54, 1.807) is 0 Å². The van der Waals surface area contributed by atoms with Gasteiger partial charge in [-0.05, 0) is 64.2 Å². The van der Waals surface area contributed by atoms with Crippen LogP contribution in [-0.4, -0.2) is 37.2 Å². The van der Waals surface area contributed by atoms with Gasteiger partial charge >= 0.3 is 17.9 Å². The Balaban J connectivity index is 4.17. The van der Waals surface area contributed by atoms with Crippen molar-refractivity contribution in [2.75, 3.05) is 13.2 Å². The fourth-order valence-electron chi connectivity index (χ4n) is 9.78. The van der Waals surface area contributed by atoms with Gasteiger partial charge in [-0.15, -0.1) is 0 Å². The maximum absolute atomic E-state index is 12.9. The van der Waals surface area contributed by atoms with Crippen LogP contribution in [0.5, 0.6) is 0 Å². The van der Waals surface area contributed by atoms with Crippen LogP contribution >= 0.6 is 0 Å². The van der Waals surface area contributed by atoms with Gasteiger partial charge in [-0.1, -0.05) is 302 Å². The highest BCUT2D eigenvalue weighted by molar-refractivity contribution is 5.71. The molecule has 0 aliphatic carbocycles. The van der Waals surface area contributed by atoms with E-state index in [4.69, 9.17) is 14.2 Å². The average molecular weight is 1010 g/mol. The number of carbonyl (C=O) groups is 3. The molecule has 0 bridgehead atoms. The number of allylic oxidation sites excluding steroid dienone is 4. The summed E-state index contributed by atoms with van der Waals surface area (Å²) in [4.78, 5) is 38.2. The number of ether oxygens (including phenoxy) is 3. The van der Waals surface area contributed by atoms with Crippen LogP contribution in [0.3, 0.4) is 0 Å². The highest BCUT2D eigenvalue weighted by atomic mass is 16.6. The maximum Gasteiger partial charge on any atom is 0.306 e. The monoisotopic (exact) mass is 1010 g/mol. The van der Waals surface area contributed by atoms with Crippen LogP contribution in [0.4, 0.5) is 0 Å². The first-order valence-corrected chi connectivity index (χ1v) is 32.3. The average Bonchev–Trinajstić information content (AvgIpc) is 3.38. The molecule has 0 aliphatic heterocycles. The number of hydrogen-bond acceptors (Lipinski definition) is 6. The number of esters is 3. The van der Waals surface area contributed by atoms with Gasteiger partial charge in [-0.2, -0.15) is 0 Å². The quantitative estimate of drug-likeness (QED) is 0.0261. The van der Waals surface area contributed by atoms with Crippen molar-refractivity contribution in [3.8, 4) is 0 Å². The molecular formula is C66H124O6. The topological polar surface area (TPSA) is 78.9 Å². The largest absolute Gasteiger partial charge is 0.462 e. The van der Waals surface area contributed by atoms with Gasteiger partial charge in [0.2, 0.25) is 0 Å². The number of rotatable bonds is 60. The van der Waals surface area contributed by atoms with E-state index in [1.807, 2.05) is 0 Å². The van der Waals surface area contributed by atoms with Crippen LogP contribution in [0.25, 0.3) is 0 Å². The van der Waals surface area contributed by atoms with Gasteiger partial charge in [-0.3, -0.25) is 14.4 Å². The van der Waals surface area contributed by atoms with Crippen LogP contribution < -0.4 is 0 Å². The minimum absolute atomic E-state index is 0.0710. The molecule has 0 spiro atoms. The molecule has 6 heteroatoms. The van der Waals surface area contributed by atoms with E-state index < -0.39 is 6.10 Å². The molecule has 0 amide bonds. The van der Waals surface area contributed by atoms with Gasteiger partial charge in [0.05, 0.1) is 0 Å². The minimum Gasteiger partial charge on any atom is -0.462 e. The summed E-state index contributed by atoms with van der Waals surface area (Å²) >= 11 is 0. The summed E-state index contributed by atoms with van der Waals surface area (Å²) in [5, 5.41) is 0. The molecule has 0 saturated carbocycles. The minimum atomic E-state index is -0.774. The summed E-state index contributed by atoms with van der Waals surface area (Å²) < 4.78 is 16.9. The van der Waals surface area contributed by atoms with E-state index >= 15 is 0 Å². The van der Waals surface area contributed by atoms with Crippen molar-refractivity contribution >= 4 is 17.9 Å². The first-order valence-electron chi connectivity index (χ1n) is 32.3. The molecule has 1 atom stereocenters. The molecule has 72 heavy (non-hydrogen) atoms. The Kier molecular flexibility index (Phi) is 59.6. The number of unbranched alkanes of at least 4 members (excludes halogenated alkanes) is 45. The van der Waals surface area contributed by atoms with E-state index in [2.05, 4.69) is 45.1 Å². The Hall–Kier alpha value is -2.11. The molecule has 1 unspecified atom stereocenters. The Labute approximate surface area is 449 Å². The lowest BCUT2D eigenvalue weighted by atomic mass is 10.0. The Morgan fingerprint density at radius 1 is 0.264 bits per heavy atom. The molecular weight excluding hydrogens is 889 g/mol. The molecule has 6 nitrogen and oxygen atoms in total. The van der Waals surface area contributed by atoms with Crippen molar-refractivity contribution in [2.45, 2.75) is 367 Å². The van der Waals surface area contributed by atoms with Gasteiger partial charge in [0.25, 0.3) is 0 Å². The second-order valence-corrected chi connectivity index (χ2v) is 22.0. The van der Waals surface area contributed by atoms with Crippen LogP contribution in [0.15, 0.2) is 24.3 Å². The molecule has 0 aliphatic rings. The Morgan fingerprint density at radius 2 is 0.472 bits per heavy atom. The highest BCUT2D eigenvalue weighted by Crippen LogP contribution is 2.18. The summed E-state index contributed by atoms with van der Waals surface area (Å²) in [5.74, 6) is -0.862. The van der Waals surface area contributed by atoms with Crippen molar-refractivity contribution < 1.29 is 28.6 Å². The van der Waals surface area contributed by atoms with E-state index in [0.717, 1.165) is 64.2 Å². The van der Waals surface area contributed by atoms with Gasteiger partial charge in [0.1, 0.15) is 13.2 Å². The van der Waals surface area contributed by atoms with Crippen molar-refractivity contribution in [2.24, 2.45) is 0 Å². The van der Waals surface area contributed by atoms with Crippen molar-refractivity contribution in [3.63, 3.8) is 0 Å². The third-order valence-electron chi connectivity index (χ3n) is 14.7. The first kappa shape index (κ1) is 69.9. The van der Waals surface area contributed by atoms with Gasteiger partial charge in [-0.25, -0.2) is 0 Å². The highest BCUT2D eigenvalue weighted by Gasteiger charge is 2.19. The van der Waals surface area contributed by atoms with E-state index in [0.29, 0.717) is 19.3 Å². The van der Waals surface area contributed by atoms with E-state index in [9.17, 15) is 14.4 Å². The smallest absolute Gasteiger partial charge is 0.306 e. The third-order valence-corrected chi connectivity index (χ3v) is 14.7. The summed E-state index contributed by atoms with van der Waals surface area (Å²) in [6.07, 6.45) is 73.4. The predicted octanol–water partition coefficient (Wildman–Crippen LogP) is 21.8. The molecule has 0 rings (SSSR count). The molecule has 0 N–H and O–H groups in total. The Morgan fingerprint density at radius 3 is 0.736 bits per heavy atom. The van der Waals surface area contributed by atoms with Crippen LogP contribution in [0.1, 0.15) is 361 Å². The van der Waals surface area contributed by atoms with Crippen molar-refractivity contribution in [1.82, 2.24) is 0 Å². The van der Waals surface area contributed by atoms with Crippen molar-refractivity contribution in [1.29, 1.82) is 0 Å². The van der Waals surface area contributed by atoms with Gasteiger partial charge < -0.3 is 14.2 Å². The molecule has 424 valence electrons. The molecule has 0 aromatic rings. The zero-order valence-corrected chi connectivity index (χ0v) is 48.7. The number of carbonyl (C=O) groups excluding carboxylic acids is 3. The van der Waals surface area contributed by atoms with E-state index in [-0.39, 0.29) is 31.1 Å². The zero-order valence-electron chi connectivity index (χ0n) is 48.7. The lowest BCUT2D eigenvalue weighted by Gasteiger charge is -2.18. The predicted molar refractivity (Wildman–Crippen MR) is 312 cm³/mol. The van der Waals surface area contributed by atoms with Crippen molar-refractivity contribution in [3.05, 3.63) is 24.3 Å². The van der Waals surface area contributed by atoms with E-state index in [1.165, 1.54) is 257 Å². The lowest BCUT2D eigenvalue weighted by molar-refractivity contribution is -0.167. The molecule has 0 fully saturated rings. The second-order valence-electron chi connectivity index (χ2n) is 22.0. The number of hydrogen-bond donors (Lipinski definition) is 0. The normalized spacial score (nSPS) is 12.1. The summed E-state index contributed by atoms with van der Waals surface area (Å²) in [6.45, 7) is 6.65. The zero-order chi connectivity index (χ0) is 52.2. The SMILES string of the molecule is CCCC/C=C\CCCCCCCC(=O)OCC(COC(=O)CCCCCCCCCCCCCCCCCCCCCCCCCCCC)OC(=O)CCCCCCCCC/C=C\CCCCCCCC. The molecule has 0 radical (unpaired) electrons. The van der Waals surface area contributed by atoms with Gasteiger partial charge in [0.15, 0.2) is 6.10 Å². The standard InChI is InChI=1S/C66H124O6/c1-4-7-10-13-16-19-22-24-26-28-29-30-31-32-33-34-35-36-38-39-41-44-47-50-53-56-59-65(68)71-62-63(61-70-64(67)58-55-52-49-46-43-21-18-15-12-9-6-3)72-66(69)60-57-54-51-48-45-42-40-37-27-25-23-20-17-14-11-8-5-2/h15,18,25,27,63H,4-14,16-17,19-24,26,28-62H2,1-3H3/b18-15-,27-25-. The summed E-state index contributed by atoms with van der Waals surface area (Å²) in [7, 11) is 0. The molecule has 0 heterocycles. The maximum atomic E-state index is 12.9. The van der Waals surface area contributed by atoms with Crippen LogP contribution in [0.2, 0.25) is 0 Å². The summed E-state index contributed by atoms with van der Waals surface area (Å²) in [5.41, 5.74) is 0. The fourth-order valence-corrected chi connectivity index (χ4v) is 9.78. The molecule has 0 aromatic carbocycles. The third kappa shape index (κ3) is 58.8. The lowest BCUT2D eigenvalue weighted by Crippen LogP contribution is -2.30. The molecule has 0 saturated heterocycles. The van der Waals surface area contributed by atoms with Crippen LogP contribution in [-0.2, 0) is 28.6 Å².